The van der Waals surface area contributed by atoms with Crippen molar-refractivity contribution in [2.75, 3.05) is 5.73 Å². The Morgan fingerprint density at radius 2 is 2.06 bits per heavy atom. The van der Waals surface area contributed by atoms with E-state index in [1.165, 1.54) is 10.9 Å². The fourth-order valence-electron chi connectivity index (χ4n) is 1.46. The van der Waals surface area contributed by atoms with Crippen molar-refractivity contribution < 1.29 is 0 Å². The Labute approximate surface area is 106 Å². The van der Waals surface area contributed by atoms with Crippen LogP contribution in [0.2, 0.25) is 0 Å². The topological polar surface area (TPSA) is 91.4 Å². The summed E-state index contributed by atoms with van der Waals surface area (Å²) in [5, 5.41) is 17.8. The van der Waals surface area contributed by atoms with Crippen molar-refractivity contribution in [2.45, 2.75) is 0 Å². The lowest BCUT2D eigenvalue weighted by Crippen LogP contribution is -2.01. The lowest BCUT2D eigenvalue weighted by molar-refractivity contribution is 1.04. The molecule has 0 spiro atoms. The Morgan fingerprint density at radius 1 is 1.29 bits per heavy atom. The van der Waals surface area contributed by atoms with Gasteiger partial charge >= 0.3 is 0 Å². The monoisotopic (exact) mass is 287 g/mol. The van der Waals surface area contributed by atoms with Gasteiger partial charge in [0.25, 0.3) is 0 Å². The van der Waals surface area contributed by atoms with Gasteiger partial charge in [0, 0.05) is 4.47 Å². The van der Waals surface area contributed by atoms with Crippen molar-refractivity contribution in [2.24, 2.45) is 0 Å². The summed E-state index contributed by atoms with van der Waals surface area (Å²) in [6.45, 7) is 0. The summed E-state index contributed by atoms with van der Waals surface area (Å²) < 4.78 is 2.35. The van der Waals surface area contributed by atoms with Crippen LogP contribution < -0.4 is 5.73 Å². The molecule has 82 valence electrons. The molecule has 0 aliphatic carbocycles. The van der Waals surface area contributed by atoms with Crippen LogP contribution in [0.3, 0.4) is 0 Å². The van der Waals surface area contributed by atoms with Crippen molar-refractivity contribution in [3.8, 4) is 17.8 Å². The molecule has 0 aliphatic heterocycles. The van der Waals surface area contributed by atoms with Gasteiger partial charge in [0.2, 0.25) is 0 Å². The molecule has 0 saturated carbocycles. The van der Waals surface area contributed by atoms with E-state index in [0.29, 0.717) is 11.4 Å². The number of anilines is 1. The van der Waals surface area contributed by atoms with E-state index in [4.69, 9.17) is 16.3 Å². The van der Waals surface area contributed by atoms with Crippen molar-refractivity contribution in [1.82, 2.24) is 9.55 Å². The van der Waals surface area contributed by atoms with Crippen LogP contribution in [0, 0.1) is 22.7 Å². The molecule has 0 amide bonds. The maximum atomic E-state index is 9.01. The molecule has 2 rings (SSSR count). The molecule has 0 radical (unpaired) electrons. The molecule has 0 atom stereocenters. The summed E-state index contributed by atoms with van der Waals surface area (Å²) in [6.07, 6.45) is 1.41. The minimum Gasteiger partial charge on any atom is -0.397 e. The second-order valence-corrected chi connectivity index (χ2v) is 4.15. The fraction of sp³-hybridized carbons (Fsp3) is 0. The molecule has 0 saturated heterocycles. The standard InChI is InChI=1S/C11H6BrN5/c12-7-1-2-10(8(15)3-7)17-6-16-9(4-13)11(17)5-14/h1-3,6H,15H2. The molecular weight excluding hydrogens is 282 g/mol. The summed E-state index contributed by atoms with van der Waals surface area (Å²) in [7, 11) is 0. The largest absolute Gasteiger partial charge is 0.397 e. The number of nitrogen functional groups attached to an aromatic ring is 1. The zero-order valence-electron chi connectivity index (χ0n) is 8.55. The van der Waals surface area contributed by atoms with E-state index in [1.807, 2.05) is 12.1 Å². The SMILES string of the molecule is N#Cc1ncn(-c2ccc(Br)cc2N)c1C#N. The average molecular weight is 288 g/mol. The molecular formula is C11H6BrN5. The van der Waals surface area contributed by atoms with Crippen LogP contribution in [-0.2, 0) is 0 Å². The molecule has 0 unspecified atom stereocenters. The lowest BCUT2D eigenvalue weighted by atomic mass is 10.2. The number of benzene rings is 1. The van der Waals surface area contributed by atoms with Gasteiger partial charge in [-0.25, -0.2) is 4.98 Å². The van der Waals surface area contributed by atoms with E-state index in [-0.39, 0.29) is 11.4 Å². The number of rotatable bonds is 1. The molecule has 0 bridgehead atoms. The minimum absolute atomic E-state index is 0.0924. The summed E-state index contributed by atoms with van der Waals surface area (Å²) in [6, 6.07) is 9.09. The smallest absolute Gasteiger partial charge is 0.177 e. The van der Waals surface area contributed by atoms with Crippen molar-refractivity contribution in [1.29, 1.82) is 10.5 Å². The first kappa shape index (κ1) is 11.2. The highest BCUT2D eigenvalue weighted by Crippen LogP contribution is 2.23. The first-order chi connectivity index (χ1) is 8.17. The predicted octanol–water partition coefficient (Wildman–Crippen LogP) is 1.96. The number of nitrogens with zero attached hydrogens (tertiary/aromatic N) is 4. The highest BCUT2D eigenvalue weighted by molar-refractivity contribution is 9.10. The summed E-state index contributed by atoms with van der Waals surface area (Å²) in [4.78, 5) is 3.86. The number of hydrogen-bond acceptors (Lipinski definition) is 4. The first-order valence-electron chi connectivity index (χ1n) is 4.60. The fourth-order valence-corrected chi connectivity index (χ4v) is 1.84. The van der Waals surface area contributed by atoms with Gasteiger partial charge in [0.1, 0.15) is 18.5 Å². The zero-order valence-corrected chi connectivity index (χ0v) is 10.1. The van der Waals surface area contributed by atoms with Crippen LogP contribution in [0.25, 0.3) is 5.69 Å². The average Bonchev–Trinajstić information content (AvgIpc) is 2.71. The Morgan fingerprint density at radius 3 is 2.65 bits per heavy atom. The second kappa shape index (κ2) is 4.28. The highest BCUT2D eigenvalue weighted by Gasteiger charge is 2.13. The van der Waals surface area contributed by atoms with Crippen molar-refractivity contribution >= 4 is 21.6 Å². The van der Waals surface area contributed by atoms with Crippen LogP contribution in [-0.4, -0.2) is 9.55 Å². The highest BCUT2D eigenvalue weighted by atomic mass is 79.9. The van der Waals surface area contributed by atoms with Gasteiger partial charge in [-0.3, -0.25) is 4.57 Å². The van der Waals surface area contributed by atoms with Crippen molar-refractivity contribution in [3.63, 3.8) is 0 Å². The molecule has 1 heterocycles. The summed E-state index contributed by atoms with van der Waals surface area (Å²) in [5.74, 6) is 0. The molecule has 2 aromatic rings. The number of imidazole rings is 1. The molecule has 1 aromatic carbocycles. The predicted molar refractivity (Wildman–Crippen MR) is 65.1 cm³/mol. The van der Waals surface area contributed by atoms with E-state index in [0.717, 1.165) is 4.47 Å². The third-order valence-electron chi connectivity index (χ3n) is 2.23. The normalized spacial score (nSPS) is 9.59. The number of hydrogen-bond donors (Lipinski definition) is 1. The van der Waals surface area contributed by atoms with Gasteiger partial charge in [-0.15, -0.1) is 0 Å². The Hall–Kier alpha value is -2.31. The number of nitriles is 2. The molecule has 6 heteroatoms. The summed E-state index contributed by atoms with van der Waals surface area (Å²) >= 11 is 3.30. The van der Waals surface area contributed by atoms with E-state index >= 15 is 0 Å². The zero-order chi connectivity index (χ0) is 12.4. The number of nitrogens with two attached hydrogens (primary N) is 1. The van der Waals surface area contributed by atoms with Crippen molar-refractivity contribution in [3.05, 3.63) is 40.4 Å². The minimum atomic E-state index is 0.0924. The van der Waals surface area contributed by atoms with E-state index in [2.05, 4.69) is 20.9 Å². The second-order valence-electron chi connectivity index (χ2n) is 3.24. The molecule has 0 aliphatic rings. The van der Waals surface area contributed by atoms with Gasteiger partial charge in [0.15, 0.2) is 11.4 Å². The maximum absolute atomic E-state index is 9.01. The van der Waals surface area contributed by atoms with Gasteiger partial charge < -0.3 is 5.73 Å². The lowest BCUT2D eigenvalue weighted by Gasteiger charge is -2.07. The van der Waals surface area contributed by atoms with Crippen LogP contribution in [0.5, 0.6) is 0 Å². The van der Waals surface area contributed by atoms with Crippen LogP contribution >= 0.6 is 15.9 Å². The molecule has 2 N–H and O–H groups in total. The van der Waals surface area contributed by atoms with E-state index in [9.17, 15) is 0 Å². The van der Waals surface area contributed by atoms with E-state index in [1.54, 1.807) is 18.2 Å². The maximum Gasteiger partial charge on any atom is 0.177 e. The third-order valence-corrected chi connectivity index (χ3v) is 2.72. The molecule has 0 fully saturated rings. The van der Waals surface area contributed by atoms with Crippen LogP contribution in [0.1, 0.15) is 11.4 Å². The Bertz CT molecular complexity index is 659. The van der Waals surface area contributed by atoms with Crippen LogP contribution in [0.15, 0.2) is 29.0 Å². The third kappa shape index (κ3) is 1.86. The van der Waals surface area contributed by atoms with Gasteiger partial charge in [-0.2, -0.15) is 10.5 Å². The molecule has 1 aromatic heterocycles. The Kier molecular flexibility index (Phi) is 2.82. The first-order valence-corrected chi connectivity index (χ1v) is 5.39. The van der Waals surface area contributed by atoms with E-state index < -0.39 is 0 Å². The Balaban J connectivity index is 2.66. The summed E-state index contributed by atoms with van der Waals surface area (Å²) in [5.41, 5.74) is 7.25. The van der Waals surface area contributed by atoms with Gasteiger partial charge in [0.05, 0.1) is 11.4 Å². The molecule has 5 nitrogen and oxygen atoms in total. The number of halogens is 1. The van der Waals surface area contributed by atoms with Gasteiger partial charge in [-0.1, -0.05) is 15.9 Å². The van der Waals surface area contributed by atoms with Crippen LogP contribution in [0.4, 0.5) is 5.69 Å². The number of aromatic nitrogens is 2. The molecule has 17 heavy (non-hydrogen) atoms. The quantitative estimate of drug-likeness (QED) is 0.812. The van der Waals surface area contributed by atoms with Gasteiger partial charge in [-0.05, 0) is 18.2 Å².